The van der Waals surface area contributed by atoms with Crippen molar-refractivity contribution in [3.05, 3.63) is 53.5 Å². The number of anilines is 1. The van der Waals surface area contributed by atoms with Crippen LogP contribution in [0.1, 0.15) is 30.3 Å². The Hall–Kier alpha value is -2.67. The summed E-state index contributed by atoms with van der Waals surface area (Å²) in [4.78, 5) is 20.9. The van der Waals surface area contributed by atoms with E-state index in [0.717, 1.165) is 35.5 Å². The molecule has 7 heteroatoms. The molecule has 0 unspecified atom stereocenters. The third kappa shape index (κ3) is 4.19. The van der Waals surface area contributed by atoms with Gasteiger partial charge in [-0.05, 0) is 54.7 Å². The molecule has 6 nitrogen and oxygen atoms in total. The van der Waals surface area contributed by atoms with Gasteiger partial charge in [0.15, 0.2) is 5.82 Å². The van der Waals surface area contributed by atoms with Gasteiger partial charge in [0.25, 0.3) is 5.89 Å². The van der Waals surface area contributed by atoms with E-state index >= 15 is 0 Å². The van der Waals surface area contributed by atoms with Crippen LogP contribution in [0, 0.1) is 0 Å². The van der Waals surface area contributed by atoms with E-state index in [4.69, 9.17) is 4.52 Å². The molecule has 138 valence electrons. The highest BCUT2D eigenvalue weighted by Crippen LogP contribution is 2.25. The van der Waals surface area contributed by atoms with E-state index in [1.807, 2.05) is 25.1 Å². The molecular formula is C20H20N4O2S. The van der Waals surface area contributed by atoms with Crippen molar-refractivity contribution in [1.82, 2.24) is 15.1 Å². The summed E-state index contributed by atoms with van der Waals surface area (Å²) in [6, 6.07) is 9.92. The second-order valence-electron chi connectivity index (χ2n) is 6.43. The number of fused-ring (bicyclic) bond motifs is 1. The number of pyridine rings is 1. The summed E-state index contributed by atoms with van der Waals surface area (Å²) in [5, 5.41) is 7.63. The number of hydrogen-bond donors (Lipinski definition) is 1. The fourth-order valence-corrected chi connectivity index (χ4v) is 3.74. The van der Waals surface area contributed by atoms with Crippen LogP contribution in [0.4, 0.5) is 5.69 Å². The predicted octanol–water partition coefficient (Wildman–Crippen LogP) is 3.91. The SMILES string of the molecule is CCc1noc(-c2ccc(SCC(=O)Nc3ccc4c(c3)CCC4)nc2)n1. The number of nitrogens with one attached hydrogen (secondary N) is 1. The summed E-state index contributed by atoms with van der Waals surface area (Å²) < 4.78 is 5.21. The largest absolute Gasteiger partial charge is 0.334 e. The lowest BCUT2D eigenvalue weighted by Crippen LogP contribution is -2.14. The Morgan fingerprint density at radius 2 is 2.11 bits per heavy atom. The average molecular weight is 380 g/mol. The highest BCUT2D eigenvalue weighted by molar-refractivity contribution is 7.99. The van der Waals surface area contributed by atoms with E-state index in [1.54, 1.807) is 6.20 Å². The lowest BCUT2D eigenvalue weighted by molar-refractivity contribution is -0.113. The number of rotatable bonds is 6. The first-order valence-corrected chi connectivity index (χ1v) is 10.0. The minimum atomic E-state index is -0.0340. The highest BCUT2D eigenvalue weighted by Gasteiger charge is 2.12. The maximum Gasteiger partial charge on any atom is 0.259 e. The third-order valence-corrected chi connectivity index (χ3v) is 5.44. The van der Waals surface area contributed by atoms with Crippen molar-refractivity contribution < 1.29 is 9.32 Å². The van der Waals surface area contributed by atoms with Crippen LogP contribution in [-0.4, -0.2) is 26.8 Å². The number of aryl methyl sites for hydroxylation is 3. The second-order valence-corrected chi connectivity index (χ2v) is 7.42. The molecule has 0 bridgehead atoms. The summed E-state index contributed by atoms with van der Waals surface area (Å²) in [5.41, 5.74) is 4.39. The van der Waals surface area contributed by atoms with Gasteiger partial charge in [-0.15, -0.1) is 0 Å². The molecule has 2 heterocycles. The van der Waals surface area contributed by atoms with Crippen molar-refractivity contribution in [2.45, 2.75) is 37.6 Å². The molecule has 1 aliphatic carbocycles. The molecule has 0 atom stereocenters. The zero-order valence-electron chi connectivity index (χ0n) is 15.1. The molecular weight excluding hydrogens is 360 g/mol. The Kier molecular flexibility index (Phi) is 5.20. The van der Waals surface area contributed by atoms with Crippen LogP contribution in [0.15, 0.2) is 46.1 Å². The number of carbonyl (C=O) groups excluding carboxylic acids is 1. The zero-order chi connectivity index (χ0) is 18.6. The minimum Gasteiger partial charge on any atom is -0.334 e. The van der Waals surface area contributed by atoms with Gasteiger partial charge in [-0.2, -0.15) is 4.98 Å². The van der Waals surface area contributed by atoms with Crippen molar-refractivity contribution in [1.29, 1.82) is 0 Å². The van der Waals surface area contributed by atoms with Crippen molar-refractivity contribution >= 4 is 23.4 Å². The number of aromatic nitrogens is 3. The monoisotopic (exact) mass is 380 g/mol. The van der Waals surface area contributed by atoms with E-state index in [1.165, 1.54) is 29.3 Å². The van der Waals surface area contributed by atoms with Crippen molar-refractivity contribution in [2.75, 3.05) is 11.1 Å². The Labute approximate surface area is 161 Å². The van der Waals surface area contributed by atoms with Gasteiger partial charge in [0, 0.05) is 18.3 Å². The minimum absolute atomic E-state index is 0.0340. The van der Waals surface area contributed by atoms with E-state index < -0.39 is 0 Å². The summed E-state index contributed by atoms with van der Waals surface area (Å²) >= 11 is 1.40. The maximum atomic E-state index is 12.2. The molecule has 0 spiro atoms. The van der Waals surface area contributed by atoms with Crippen LogP contribution in [0.3, 0.4) is 0 Å². The first-order valence-electron chi connectivity index (χ1n) is 9.04. The molecule has 1 aromatic carbocycles. The van der Waals surface area contributed by atoms with Gasteiger partial charge in [-0.3, -0.25) is 4.79 Å². The molecule has 0 fully saturated rings. The van der Waals surface area contributed by atoms with Gasteiger partial charge in [0.2, 0.25) is 5.91 Å². The smallest absolute Gasteiger partial charge is 0.259 e. The topological polar surface area (TPSA) is 80.9 Å². The fourth-order valence-electron chi connectivity index (χ4n) is 3.09. The van der Waals surface area contributed by atoms with Gasteiger partial charge in [-0.25, -0.2) is 4.98 Å². The molecule has 1 amide bonds. The Bertz CT molecular complexity index is 953. The van der Waals surface area contributed by atoms with E-state index in [-0.39, 0.29) is 5.91 Å². The molecule has 0 saturated carbocycles. The molecule has 3 aromatic rings. The summed E-state index contributed by atoms with van der Waals surface area (Å²) in [6.07, 6.45) is 5.86. The lowest BCUT2D eigenvalue weighted by Gasteiger charge is -2.07. The van der Waals surface area contributed by atoms with Crippen LogP contribution in [0.5, 0.6) is 0 Å². The summed E-state index contributed by atoms with van der Waals surface area (Å²) in [6.45, 7) is 1.97. The molecule has 0 aliphatic heterocycles. The number of carbonyl (C=O) groups is 1. The standard InChI is InChI=1S/C20H20N4O2S/c1-2-17-23-20(26-24-17)15-7-9-19(21-11-15)27-12-18(25)22-16-8-6-13-4-3-5-14(13)10-16/h6-11H,2-5,12H2,1H3,(H,22,25). The predicted molar refractivity (Wildman–Crippen MR) is 105 cm³/mol. The Morgan fingerprint density at radius 1 is 1.22 bits per heavy atom. The number of benzene rings is 1. The molecule has 4 rings (SSSR count). The van der Waals surface area contributed by atoms with E-state index in [2.05, 4.69) is 32.6 Å². The average Bonchev–Trinajstić information content (AvgIpc) is 3.35. The first-order chi connectivity index (χ1) is 13.2. The molecule has 0 radical (unpaired) electrons. The van der Waals surface area contributed by atoms with Gasteiger partial charge in [0.1, 0.15) is 0 Å². The number of nitrogens with zero attached hydrogens (tertiary/aromatic N) is 3. The van der Waals surface area contributed by atoms with Gasteiger partial charge >= 0.3 is 0 Å². The number of thioether (sulfide) groups is 1. The summed E-state index contributed by atoms with van der Waals surface area (Å²) in [7, 11) is 0. The van der Waals surface area contributed by atoms with Crippen LogP contribution in [0.25, 0.3) is 11.5 Å². The molecule has 0 saturated heterocycles. The van der Waals surface area contributed by atoms with Crippen LogP contribution in [-0.2, 0) is 24.1 Å². The molecule has 27 heavy (non-hydrogen) atoms. The van der Waals surface area contributed by atoms with Crippen molar-refractivity contribution in [3.63, 3.8) is 0 Å². The van der Waals surface area contributed by atoms with Crippen molar-refractivity contribution in [2.24, 2.45) is 0 Å². The Morgan fingerprint density at radius 3 is 2.89 bits per heavy atom. The highest BCUT2D eigenvalue weighted by atomic mass is 32.2. The van der Waals surface area contributed by atoms with Gasteiger partial charge in [-0.1, -0.05) is 29.9 Å². The van der Waals surface area contributed by atoms with E-state index in [9.17, 15) is 4.79 Å². The molecule has 1 N–H and O–H groups in total. The van der Waals surface area contributed by atoms with E-state index in [0.29, 0.717) is 17.5 Å². The zero-order valence-corrected chi connectivity index (χ0v) is 15.9. The van der Waals surface area contributed by atoms with Crippen LogP contribution >= 0.6 is 11.8 Å². The van der Waals surface area contributed by atoms with Crippen LogP contribution in [0.2, 0.25) is 0 Å². The maximum absolute atomic E-state index is 12.2. The van der Waals surface area contributed by atoms with Crippen molar-refractivity contribution in [3.8, 4) is 11.5 Å². The molecule has 2 aromatic heterocycles. The Balaban J connectivity index is 1.32. The second kappa shape index (κ2) is 7.92. The fraction of sp³-hybridized carbons (Fsp3) is 0.300. The van der Waals surface area contributed by atoms with Crippen LogP contribution < -0.4 is 5.32 Å². The quantitative estimate of drug-likeness (QED) is 0.653. The number of amides is 1. The lowest BCUT2D eigenvalue weighted by atomic mass is 10.1. The first kappa shape index (κ1) is 17.7. The summed E-state index contributed by atoms with van der Waals surface area (Å²) in [5.74, 6) is 1.41. The van der Waals surface area contributed by atoms with Gasteiger partial charge in [0.05, 0.1) is 16.3 Å². The molecule has 1 aliphatic rings. The third-order valence-electron chi connectivity index (χ3n) is 4.50. The number of hydrogen-bond acceptors (Lipinski definition) is 6. The normalized spacial score (nSPS) is 12.8. The van der Waals surface area contributed by atoms with Gasteiger partial charge < -0.3 is 9.84 Å².